The van der Waals surface area contributed by atoms with E-state index in [1.807, 2.05) is 25.2 Å². The van der Waals surface area contributed by atoms with Crippen molar-refractivity contribution in [3.63, 3.8) is 0 Å². The van der Waals surface area contributed by atoms with Crippen LogP contribution in [-0.4, -0.2) is 45.2 Å². The van der Waals surface area contributed by atoms with Gasteiger partial charge in [-0.1, -0.05) is 30.3 Å². The van der Waals surface area contributed by atoms with Crippen molar-refractivity contribution in [3.05, 3.63) is 35.9 Å². The van der Waals surface area contributed by atoms with Crippen LogP contribution in [0.2, 0.25) is 0 Å². The van der Waals surface area contributed by atoms with E-state index in [1.54, 1.807) is 14.2 Å². The standard InChI is InChI=1S/C13H21N3O/c1-14-13(15-9-10-17-3)16(2)11-12-7-5-4-6-8-12/h4-8H,9-11H2,1-3H3,(H,14,15). The number of hydrogen-bond acceptors (Lipinski definition) is 2. The number of ether oxygens (including phenoxy) is 1. The second-order valence-corrected chi connectivity index (χ2v) is 3.81. The van der Waals surface area contributed by atoms with Crippen LogP contribution in [0.4, 0.5) is 0 Å². The highest BCUT2D eigenvalue weighted by Crippen LogP contribution is 2.02. The zero-order valence-electron chi connectivity index (χ0n) is 10.8. The Kier molecular flexibility index (Phi) is 6.10. The molecule has 1 N–H and O–H groups in total. The van der Waals surface area contributed by atoms with Gasteiger partial charge in [-0.25, -0.2) is 0 Å². The number of aliphatic imine (C=N–C) groups is 1. The van der Waals surface area contributed by atoms with Crippen molar-refractivity contribution in [2.24, 2.45) is 4.99 Å². The number of nitrogens with zero attached hydrogens (tertiary/aromatic N) is 2. The number of rotatable bonds is 5. The second kappa shape index (κ2) is 7.68. The topological polar surface area (TPSA) is 36.9 Å². The Morgan fingerprint density at radius 3 is 2.65 bits per heavy atom. The minimum Gasteiger partial charge on any atom is -0.383 e. The smallest absolute Gasteiger partial charge is 0.193 e. The predicted molar refractivity (Wildman–Crippen MR) is 71.1 cm³/mol. The Hall–Kier alpha value is -1.55. The summed E-state index contributed by atoms with van der Waals surface area (Å²) in [5.41, 5.74) is 1.27. The third-order valence-electron chi connectivity index (χ3n) is 2.43. The van der Waals surface area contributed by atoms with E-state index >= 15 is 0 Å². The second-order valence-electron chi connectivity index (χ2n) is 3.81. The van der Waals surface area contributed by atoms with Crippen LogP contribution in [-0.2, 0) is 11.3 Å². The molecule has 0 unspecified atom stereocenters. The number of methoxy groups -OCH3 is 1. The van der Waals surface area contributed by atoms with Gasteiger partial charge < -0.3 is 15.0 Å². The quantitative estimate of drug-likeness (QED) is 0.475. The fourth-order valence-corrected chi connectivity index (χ4v) is 1.58. The van der Waals surface area contributed by atoms with Gasteiger partial charge >= 0.3 is 0 Å². The van der Waals surface area contributed by atoms with Gasteiger partial charge in [-0.2, -0.15) is 0 Å². The van der Waals surface area contributed by atoms with Gasteiger partial charge in [0.15, 0.2) is 5.96 Å². The predicted octanol–water partition coefficient (Wildman–Crippen LogP) is 1.34. The molecular weight excluding hydrogens is 214 g/mol. The average molecular weight is 235 g/mol. The van der Waals surface area contributed by atoms with Crippen LogP contribution in [0.1, 0.15) is 5.56 Å². The van der Waals surface area contributed by atoms with Crippen molar-refractivity contribution < 1.29 is 4.74 Å². The SMILES string of the molecule is CN=C(NCCOC)N(C)Cc1ccccc1. The van der Waals surface area contributed by atoms with E-state index in [0.717, 1.165) is 19.0 Å². The average Bonchev–Trinajstić information content (AvgIpc) is 2.36. The third kappa shape index (κ3) is 4.87. The van der Waals surface area contributed by atoms with E-state index in [-0.39, 0.29) is 0 Å². The molecule has 4 nitrogen and oxygen atoms in total. The maximum Gasteiger partial charge on any atom is 0.193 e. The maximum absolute atomic E-state index is 5.00. The molecule has 0 atom stereocenters. The van der Waals surface area contributed by atoms with Crippen molar-refractivity contribution in [2.45, 2.75) is 6.54 Å². The van der Waals surface area contributed by atoms with Crippen LogP contribution < -0.4 is 5.32 Å². The summed E-state index contributed by atoms with van der Waals surface area (Å²) in [7, 11) is 5.50. The van der Waals surface area contributed by atoms with Gasteiger partial charge in [0.1, 0.15) is 0 Å². The van der Waals surface area contributed by atoms with E-state index in [4.69, 9.17) is 4.74 Å². The van der Waals surface area contributed by atoms with Crippen LogP contribution in [0.5, 0.6) is 0 Å². The van der Waals surface area contributed by atoms with Gasteiger partial charge in [-0.3, -0.25) is 4.99 Å². The van der Waals surface area contributed by atoms with Crippen molar-refractivity contribution in [1.82, 2.24) is 10.2 Å². The van der Waals surface area contributed by atoms with Gasteiger partial charge in [-0.15, -0.1) is 0 Å². The largest absolute Gasteiger partial charge is 0.383 e. The molecule has 0 aliphatic rings. The summed E-state index contributed by atoms with van der Waals surface area (Å²) in [6.45, 7) is 2.29. The van der Waals surface area contributed by atoms with Crippen molar-refractivity contribution in [3.8, 4) is 0 Å². The van der Waals surface area contributed by atoms with Crippen molar-refractivity contribution in [1.29, 1.82) is 0 Å². The lowest BCUT2D eigenvalue weighted by Crippen LogP contribution is -2.39. The fraction of sp³-hybridized carbons (Fsp3) is 0.462. The molecule has 0 aliphatic carbocycles. The molecule has 1 rings (SSSR count). The van der Waals surface area contributed by atoms with E-state index in [9.17, 15) is 0 Å². The van der Waals surface area contributed by atoms with Crippen molar-refractivity contribution in [2.75, 3.05) is 34.4 Å². The molecule has 0 spiro atoms. The summed E-state index contributed by atoms with van der Waals surface area (Å²) < 4.78 is 5.00. The molecule has 0 radical (unpaired) electrons. The molecule has 17 heavy (non-hydrogen) atoms. The Morgan fingerprint density at radius 2 is 2.06 bits per heavy atom. The first kappa shape index (κ1) is 13.5. The van der Waals surface area contributed by atoms with E-state index in [0.29, 0.717) is 6.61 Å². The Bertz CT molecular complexity index is 338. The first-order valence-electron chi connectivity index (χ1n) is 5.72. The van der Waals surface area contributed by atoms with Gasteiger partial charge in [0.2, 0.25) is 0 Å². The Labute approximate surface area is 103 Å². The molecule has 94 valence electrons. The molecule has 0 saturated carbocycles. The zero-order valence-corrected chi connectivity index (χ0v) is 10.8. The number of hydrogen-bond donors (Lipinski definition) is 1. The number of benzene rings is 1. The molecule has 0 aliphatic heterocycles. The maximum atomic E-state index is 5.00. The van der Waals surface area contributed by atoms with Gasteiger partial charge in [-0.05, 0) is 5.56 Å². The van der Waals surface area contributed by atoms with Gasteiger partial charge in [0.25, 0.3) is 0 Å². The molecule has 0 amide bonds. The molecule has 4 heteroatoms. The molecule has 0 fully saturated rings. The van der Waals surface area contributed by atoms with Gasteiger partial charge in [0, 0.05) is 34.3 Å². The molecule has 0 saturated heterocycles. The first-order valence-corrected chi connectivity index (χ1v) is 5.72. The Balaban J connectivity index is 2.47. The Morgan fingerprint density at radius 1 is 1.35 bits per heavy atom. The minimum atomic E-state index is 0.679. The fourth-order valence-electron chi connectivity index (χ4n) is 1.58. The van der Waals surface area contributed by atoms with E-state index in [2.05, 4.69) is 27.3 Å². The highest BCUT2D eigenvalue weighted by atomic mass is 16.5. The van der Waals surface area contributed by atoms with E-state index < -0.39 is 0 Å². The summed E-state index contributed by atoms with van der Waals surface area (Å²) in [6.07, 6.45) is 0. The van der Waals surface area contributed by atoms with Crippen LogP contribution in [0.15, 0.2) is 35.3 Å². The van der Waals surface area contributed by atoms with Gasteiger partial charge in [0.05, 0.1) is 6.61 Å². The molecule has 1 aromatic carbocycles. The van der Waals surface area contributed by atoms with Crippen LogP contribution in [0.25, 0.3) is 0 Å². The molecule has 0 heterocycles. The summed E-state index contributed by atoms with van der Waals surface area (Å²) in [5.74, 6) is 0.880. The summed E-state index contributed by atoms with van der Waals surface area (Å²) >= 11 is 0. The highest BCUT2D eigenvalue weighted by Gasteiger charge is 2.05. The molecule has 0 aromatic heterocycles. The normalized spacial score (nSPS) is 11.4. The zero-order chi connectivity index (χ0) is 12.5. The summed E-state index contributed by atoms with van der Waals surface area (Å²) in [6, 6.07) is 10.3. The van der Waals surface area contributed by atoms with Crippen LogP contribution >= 0.6 is 0 Å². The first-order chi connectivity index (χ1) is 8.27. The highest BCUT2D eigenvalue weighted by molar-refractivity contribution is 5.79. The van der Waals surface area contributed by atoms with E-state index in [1.165, 1.54) is 5.56 Å². The lowest BCUT2D eigenvalue weighted by atomic mass is 10.2. The summed E-state index contributed by atoms with van der Waals surface area (Å²) in [5, 5.41) is 3.24. The lowest BCUT2D eigenvalue weighted by molar-refractivity contribution is 0.203. The summed E-state index contributed by atoms with van der Waals surface area (Å²) in [4.78, 5) is 6.32. The third-order valence-corrected chi connectivity index (χ3v) is 2.43. The lowest BCUT2D eigenvalue weighted by Gasteiger charge is -2.22. The molecular formula is C13H21N3O. The minimum absolute atomic E-state index is 0.679. The van der Waals surface area contributed by atoms with Crippen molar-refractivity contribution >= 4 is 5.96 Å². The monoisotopic (exact) mass is 235 g/mol. The van der Waals surface area contributed by atoms with Crippen LogP contribution in [0, 0.1) is 0 Å². The number of guanidine groups is 1. The van der Waals surface area contributed by atoms with Crippen LogP contribution in [0.3, 0.4) is 0 Å². The molecule has 0 bridgehead atoms. The number of nitrogens with one attached hydrogen (secondary N) is 1. The molecule has 1 aromatic rings.